The van der Waals surface area contributed by atoms with Crippen molar-refractivity contribution in [1.82, 2.24) is 5.32 Å². The summed E-state index contributed by atoms with van der Waals surface area (Å²) in [5.41, 5.74) is -0.852. The average Bonchev–Trinajstić information content (AvgIpc) is 2.33. The van der Waals surface area contributed by atoms with Crippen LogP contribution >= 0.6 is 0 Å². The van der Waals surface area contributed by atoms with E-state index in [1.54, 1.807) is 13.0 Å². The molecule has 2 amide bonds. The zero-order chi connectivity index (χ0) is 15.3. The Kier molecular flexibility index (Phi) is 5.19. The van der Waals surface area contributed by atoms with Crippen LogP contribution < -0.4 is 10.6 Å². The number of carbonyl (C=O) groups is 2. The second-order valence-corrected chi connectivity index (χ2v) is 4.14. The molecule has 7 heteroatoms. The number of carboxylic acids is 1. The molecule has 20 heavy (non-hydrogen) atoms. The third-order valence-corrected chi connectivity index (χ3v) is 2.44. The van der Waals surface area contributed by atoms with Gasteiger partial charge in [0, 0.05) is 12.1 Å². The lowest BCUT2D eigenvalue weighted by atomic mass is 10.1. The van der Waals surface area contributed by atoms with Gasteiger partial charge >= 0.3 is 12.0 Å². The molecule has 3 N–H and O–H groups in total. The van der Waals surface area contributed by atoms with Gasteiger partial charge in [-0.2, -0.15) is 0 Å². The molecule has 1 aromatic rings. The van der Waals surface area contributed by atoms with Crippen molar-refractivity contribution in [3.8, 4) is 0 Å². The molecule has 0 aliphatic heterocycles. The fourth-order valence-electron chi connectivity index (χ4n) is 1.52. The molecule has 5 nitrogen and oxygen atoms in total. The number of nitrogens with one attached hydrogen (secondary N) is 2. The Morgan fingerprint density at radius 3 is 2.55 bits per heavy atom. The molecule has 1 unspecified atom stereocenters. The summed E-state index contributed by atoms with van der Waals surface area (Å²) < 4.78 is 26.1. The molecule has 0 spiro atoms. The van der Waals surface area contributed by atoms with Gasteiger partial charge in [0.2, 0.25) is 0 Å². The van der Waals surface area contributed by atoms with Crippen molar-refractivity contribution in [2.75, 3.05) is 5.32 Å². The molecule has 0 saturated carbocycles. The molecule has 0 aliphatic rings. The van der Waals surface area contributed by atoms with E-state index in [0.29, 0.717) is 18.6 Å². The normalized spacial score (nSPS) is 11.6. The van der Waals surface area contributed by atoms with E-state index in [1.807, 2.05) is 0 Å². The highest BCUT2D eigenvalue weighted by molar-refractivity contribution is 6.00. The third-order valence-electron chi connectivity index (χ3n) is 2.44. The fraction of sp³-hybridized carbons (Fsp3) is 0.231. The first-order valence-electron chi connectivity index (χ1n) is 5.76. The van der Waals surface area contributed by atoms with E-state index in [-0.39, 0.29) is 11.7 Å². The second-order valence-electron chi connectivity index (χ2n) is 4.14. The van der Waals surface area contributed by atoms with Crippen molar-refractivity contribution in [2.24, 2.45) is 0 Å². The number of rotatable bonds is 5. The molecule has 108 valence electrons. The van der Waals surface area contributed by atoms with Gasteiger partial charge in [-0.15, -0.1) is 6.58 Å². The standard InChI is InChI=1S/C13H14F2N2O3/c1-3-4-7(2)16-13(20)17-11-6-10(15)9(14)5-8(11)12(18)19/h3,5-7H,1,4H2,2H3,(H,18,19)(H2,16,17,20). The Balaban J connectivity index is 2.91. The largest absolute Gasteiger partial charge is 0.478 e. The molecule has 0 bridgehead atoms. The molecule has 1 aromatic carbocycles. The predicted molar refractivity (Wildman–Crippen MR) is 69.7 cm³/mol. The summed E-state index contributed by atoms with van der Waals surface area (Å²) in [6.07, 6.45) is 2.11. The van der Waals surface area contributed by atoms with Crippen molar-refractivity contribution in [3.05, 3.63) is 42.0 Å². The molecule has 0 heterocycles. The number of aromatic carboxylic acids is 1. The summed E-state index contributed by atoms with van der Waals surface area (Å²) in [5, 5.41) is 13.6. The third kappa shape index (κ3) is 4.04. The lowest BCUT2D eigenvalue weighted by Crippen LogP contribution is -2.36. The first-order valence-corrected chi connectivity index (χ1v) is 5.76. The van der Waals surface area contributed by atoms with E-state index in [9.17, 15) is 18.4 Å². The minimum Gasteiger partial charge on any atom is -0.478 e. The highest BCUT2D eigenvalue weighted by atomic mass is 19.2. The molecular formula is C13H14F2N2O3. The molecule has 0 radical (unpaired) electrons. The van der Waals surface area contributed by atoms with E-state index in [2.05, 4.69) is 17.2 Å². The molecular weight excluding hydrogens is 270 g/mol. The topological polar surface area (TPSA) is 78.4 Å². The summed E-state index contributed by atoms with van der Waals surface area (Å²) >= 11 is 0. The average molecular weight is 284 g/mol. The van der Waals surface area contributed by atoms with Gasteiger partial charge in [-0.25, -0.2) is 18.4 Å². The van der Waals surface area contributed by atoms with Crippen LogP contribution in [0.15, 0.2) is 24.8 Å². The Morgan fingerprint density at radius 2 is 2.00 bits per heavy atom. The molecule has 0 aliphatic carbocycles. The number of halogens is 2. The maximum Gasteiger partial charge on any atom is 0.337 e. The predicted octanol–water partition coefficient (Wildman–Crippen LogP) is 2.75. The van der Waals surface area contributed by atoms with Crippen LogP contribution in [0.5, 0.6) is 0 Å². The number of carbonyl (C=O) groups excluding carboxylic acids is 1. The van der Waals surface area contributed by atoms with Crippen molar-refractivity contribution in [1.29, 1.82) is 0 Å². The fourth-order valence-corrected chi connectivity index (χ4v) is 1.52. The van der Waals surface area contributed by atoms with Crippen LogP contribution in [0.25, 0.3) is 0 Å². The van der Waals surface area contributed by atoms with E-state index in [1.165, 1.54) is 0 Å². The molecule has 0 aromatic heterocycles. The zero-order valence-electron chi connectivity index (χ0n) is 10.7. The van der Waals surface area contributed by atoms with E-state index in [4.69, 9.17) is 5.11 Å². The van der Waals surface area contributed by atoms with E-state index in [0.717, 1.165) is 0 Å². The van der Waals surface area contributed by atoms with Gasteiger partial charge in [0.05, 0.1) is 11.3 Å². The summed E-state index contributed by atoms with van der Waals surface area (Å²) in [5.74, 6) is -4.02. The Morgan fingerprint density at radius 1 is 1.40 bits per heavy atom. The van der Waals surface area contributed by atoms with Crippen LogP contribution in [0.3, 0.4) is 0 Å². The number of amides is 2. The number of anilines is 1. The van der Waals surface area contributed by atoms with Gasteiger partial charge < -0.3 is 15.7 Å². The number of hydrogen-bond donors (Lipinski definition) is 3. The summed E-state index contributed by atoms with van der Waals surface area (Å²) in [6.45, 7) is 5.22. The van der Waals surface area contributed by atoms with Crippen LogP contribution in [-0.2, 0) is 0 Å². The minimum atomic E-state index is -1.47. The number of benzene rings is 1. The molecule has 1 rings (SSSR count). The number of carboxylic acid groups (broad SMARTS) is 1. The van der Waals surface area contributed by atoms with Gasteiger partial charge in [-0.1, -0.05) is 6.08 Å². The molecule has 0 fully saturated rings. The van der Waals surface area contributed by atoms with Gasteiger partial charge in [0.1, 0.15) is 0 Å². The highest BCUT2D eigenvalue weighted by Gasteiger charge is 2.17. The van der Waals surface area contributed by atoms with Crippen LogP contribution in [0.2, 0.25) is 0 Å². The number of urea groups is 1. The van der Waals surface area contributed by atoms with E-state index >= 15 is 0 Å². The highest BCUT2D eigenvalue weighted by Crippen LogP contribution is 2.20. The minimum absolute atomic E-state index is 0.230. The lowest BCUT2D eigenvalue weighted by molar-refractivity contribution is 0.0697. The lowest BCUT2D eigenvalue weighted by Gasteiger charge is -2.14. The summed E-state index contributed by atoms with van der Waals surface area (Å²) in [4.78, 5) is 22.5. The van der Waals surface area contributed by atoms with Crippen LogP contribution in [0.4, 0.5) is 19.3 Å². The maximum atomic E-state index is 13.1. The van der Waals surface area contributed by atoms with Crippen molar-refractivity contribution >= 4 is 17.7 Å². The molecule has 1 atom stereocenters. The summed E-state index contributed by atoms with van der Waals surface area (Å²) in [7, 11) is 0. The Hall–Kier alpha value is -2.44. The maximum absolute atomic E-state index is 13.1. The van der Waals surface area contributed by atoms with Crippen molar-refractivity contribution < 1.29 is 23.5 Å². The Bertz CT molecular complexity index is 547. The van der Waals surface area contributed by atoms with Gasteiger partial charge in [-0.05, 0) is 19.4 Å². The van der Waals surface area contributed by atoms with Crippen LogP contribution in [0, 0.1) is 11.6 Å². The quantitative estimate of drug-likeness (QED) is 0.727. The first-order chi connectivity index (χ1) is 9.35. The second kappa shape index (κ2) is 6.65. The van der Waals surface area contributed by atoms with Gasteiger partial charge in [-0.3, -0.25) is 0 Å². The number of hydrogen-bond acceptors (Lipinski definition) is 2. The Labute approximate surface area is 114 Å². The SMILES string of the molecule is C=CCC(C)NC(=O)Nc1cc(F)c(F)cc1C(=O)O. The van der Waals surface area contributed by atoms with Crippen LogP contribution in [-0.4, -0.2) is 23.1 Å². The van der Waals surface area contributed by atoms with Gasteiger partial charge in [0.15, 0.2) is 11.6 Å². The smallest absolute Gasteiger partial charge is 0.337 e. The van der Waals surface area contributed by atoms with E-state index < -0.39 is 29.2 Å². The van der Waals surface area contributed by atoms with Gasteiger partial charge in [0.25, 0.3) is 0 Å². The van der Waals surface area contributed by atoms with Crippen LogP contribution in [0.1, 0.15) is 23.7 Å². The first kappa shape index (κ1) is 15.6. The molecule has 0 saturated heterocycles. The summed E-state index contributed by atoms with van der Waals surface area (Å²) in [6, 6.07) is 0.190. The monoisotopic (exact) mass is 284 g/mol. The van der Waals surface area contributed by atoms with Crippen molar-refractivity contribution in [2.45, 2.75) is 19.4 Å². The zero-order valence-corrected chi connectivity index (χ0v) is 10.7. The van der Waals surface area contributed by atoms with Crippen molar-refractivity contribution in [3.63, 3.8) is 0 Å².